The van der Waals surface area contributed by atoms with Crippen molar-refractivity contribution in [1.82, 2.24) is 4.90 Å². The number of benzene rings is 1. The third-order valence-electron chi connectivity index (χ3n) is 5.12. The predicted octanol–water partition coefficient (Wildman–Crippen LogP) is 3.36. The normalized spacial score (nSPS) is 22.8. The molecule has 1 aromatic carbocycles. The van der Waals surface area contributed by atoms with Gasteiger partial charge in [-0.05, 0) is 51.8 Å². The van der Waals surface area contributed by atoms with Crippen LogP contribution in [0.2, 0.25) is 0 Å². The van der Waals surface area contributed by atoms with E-state index in [2.05, 4.69) is 10.2 Å². The number of aryl methyl sites for hydroxylation is 1. The summed E-state index contributed by atoms with van der Waals surface area (Å²) in [5, 5.41) is 2.95. The van der Waals surface area contributed by atoms with E-state index in [9.17, 15) is 4.79 Å². The maximum Gasteiger partial charge on any atom is 0.238 e. The SMILES string of the molecule is Cc1ccc(NC(=O)CN(C)CC2CCC3(CCCC3)O2)cc1. The van der Waals surface area contributed by atoms with Crippen molar-refractivity contribution in [2.45, 2.75) is 57.2 Å². The van der Waals surface area contributed by atoms with Crippen LogP contribution >= 0.6 is 0 Å². The van der Waals surface area contributed by atoms with Crippen LogP contribution < -0.4 is 5.32 Å². The Bertz CT molecular complexity index is 535. The van der Waals surface area contributed by atoms with Crippen LogP contribution in [0.3, 0.4) is 0 Å². The zero-order valence-electron chi connectivity index (χ0n) is 14.3. The van der Waals surface area contributed by atoms with E-state index in [0.29, 0.717) is 6.54 Å². The quantitative estimate of drug-likeness (QED) is 0.905. The smallest absolute Gasteiger partial charge is 0.238 e. The van der Waals surface area contributed by atoms with Crippen molar-refractivity contribution in [1.29, 1.82) is 0 Å². The third kappa shape index (κ3) is 4.33. The van der Waals surface area contributed by atoms with Crippen molar-refractivity contribution < 1.29 is 9.53 Å². The molecule has 1 spiro atoms. The first-order chi connectivity index (χ1) is 11.0. The molecule has 1 N–H and O–H groups in total. The van der Waals surface area contributed by atoms with Crippen molar-refractivity contribution in [2.75, 3.05) is 25.5 Å². The van der Waals surface area contributed by atoms with E-state index in [-0.39, 0.29) is 17.6 Å². The Morgan fingerprint density at radius 2 is 1.96 bits per heavy atom. The number of hydrogen-bond donors (Lipinski definition) is 1. The van der Waals surface area contributed by atoms with E-state index < -0.39 is 0 Å². The van der Waals surface area contributed by atoms with Crippen molar-refractivity contribution in [3.05, 3.63) is 29.8 Å². The highest BCUT2D eigenvalue weighted by atomic mass is 16.5. The second-order valence-electron chi connectivity index (χ2n) is 7.28. The van der Waals surface area contributed by atoms with Crippen molar-refractivity contribution in [2.24, 2.45) is 0 Å². The number of nitrogens with zero attached hydrogens (tertiary/aromatic N) is 1. The average Bonchev–Trinajstić information content (AvgIpc) is 3.12. The molecule has 1 aliphatic carbocycles. The number of amides is 1. The number of carbonyl (C=O) groups is 1. The molecule has 0 aromatic heterocycles. The van der Waals surface area contributed by atoms with Gasteiger partial charge >= 0.3 is 0 Å². The number of carbonyl (C=O) groups excluding carboxylic acids is 1. The van der Waals surface area contributed by atoms with Gasteiger partial charge in [0.2, 0.25) is 5.91 Å². The third-order valence-corrected chi connectivity index (χ3v) is 5.12. The van der Waals surface area contributed by atoms with Gasteiger partial charge in [-0.1, -0.05) is 30.5 Å². The average molecular weight is 316 g/mol. The second kappa shape index (κ2) is 7.02. The van der Waals surface area contributed by atoms with Gasteiger partial charge in [-0.15, -0.1) is 0 Å². The largest absolute Gasteiger partial charge is 0.370 e. The highest BCUT2D eigenvalue weighted by Gasteiger charge is 2.42. The Morgan fingerprint density at radius 3 is 2.65 bits per heavy atom. The van der Waals surface area contributed by atoms with Gasteiger partial charge < -0.3 is 10.1 Å². The standard InChI is InChI=1S/C19H28N2O2/c1-15-5-7-16(8-6-15)20-18(22)14-21(2)13-17-9-12-19(23-17)10-3-4-11-19/h5-8,17H,3-4,9-14H2,1-2H3,(H,20,22). The highest BCUT2D eigenvalue weighted by molar-refractivity contribution is 5.92. The van der Waals surface area contributed by atoms with E-state index in [1.54, 1.807) is 0 Å². The Labute approximate surface area is 139 Å². The molecule has 1 atom stereocenters. The van der Waals surface area contributed by atoms with E-state index in [1.165, 1.54) is 37.7 Å². The second-order valence-corrected chi connectivity index (χ2v) is 7.28. The van der Waals surface area contributed by atoms with Crippen LogP contribution in [-0.2, 0) is 9.53 Å². The molecule has 1 amide bonds. The van der Waals surface area contributed by atoms with Gasteiger partial charge in [0.05, 0.1) is 18.2 Å². The fourth-order valence-electron chi connectivity index (χ4n) is 3.91. The molecule has 1 unspecified atom stereocenters. The van der Waals surface area contributed by atoms with Gasteiger partial charge in [0, 0.05) is 12.2 Å². The molecule has 1 saturated carbocycles. The summed E-state index contributed by atoms with van der Waals surface area (Å²) < 4.78 is 6.32. The van der Waals surface area contributed by atoms with Crippen LogP contribution in [0.15, 0.2) is 24.3 Å². The van der Waals surface area contributed by atoms with Gasteiger partial charge in [-0.3, -0.25) is 9.69 Å². The predicted molar refractivity (Wildman–Crippen MR) is 92.6 cm³/mol. The lowest BCUT2D eigenvalue weighted by Gasteiger charge is -2.26. The molecular formula is C19H28N2O2. The summed E-state index contributed by atoms with van der Waals surface area (Å²) in [6.07, 6.45) is 7.67. The Morgan fingerprint density at radius 1 is 1.26 bits per heavy atom. The molecule has 1 saturated heterocycles. The van der Waals surface area contributed by atoms with E-state index >= 15 is 0 Å². The number of hydrogen-bond acceptors (Lipinski definition) is 3. The fourth-order valence-corrected chi connectivity index (χ4v) is 3.91. The summed E-state index contributed by atoms with van der Waals surface area (Å²) in [6, 6.07) is 7.90. The molecule has 4 heteroatoms. The zero-order valence-corrected chi connectivity index (χ0v) is 14.3. The molecule has 1 aliphatic heterocycles. The summed E-state index contributed by atoms with van der Waals surface area (Å²) in [7, 11) is 2.00. The summed E-state index contributed by atoms with van der Waals surface area (Å²) >= 11 is 0. The molecular weight excluding hydrogens is 288 g/mol. The summed E-state index contributed by atoms with van der Waals surface area (Å²) in [5.41, 5.74) is 2.23. The first-order valence-corrected chi connectivity index (χ1v) is 8.78. The molecule has 3 rings (SSSR count). The Hall–Kier alpha value is -1.39. The minimum atomic E-state index is 0.0323. The van der Waals surface area contributed by atoms with Crippen molar-refractivity contribution in [3.8, 4) is 0 Å². The lowest BCUT2D eigenvalue weighted by Crippen LogP contribution is -2.36. The Balaban J connectivity index is 1.43. The molecule has 126 valence electrons. The van der Waals surface area contributed by atoms with Gasteiger partial charge in [-0.2, -0.15) is 0 Å². The molecule has 1 aromatic rings. The highest BCUT2D eigenvalue weighted by Crippen LogP contribution is 2.43. The first-order valence-electron chi connectivity index (χ1n) is 8.78. The van der Waals surface area contributed by atoms with Gasteiger partial charge in [0.1, 0.15) is 0 Å². The maximum absolute atomic E-state index is 12.1. The van der Waals surface area contributed by atoms with Crippen LogP contribution in [0.1, 0.15) is 44.1 Å². The van der Waals surface area contributed by atoms with Crippen molar-refractivity contribution >= 4 is 11.6 Å². The molecule has 4 nitrogen and oxygen atoms in total. The number of ether oxygens (including phenoxy) is 1. The molecule has 0 bridgehead atoms. The van der Waals surface area contributed by atoms with Crippen molar-refractivity contribution in [3.63, 3.8) is 0 Å². The zero-order chi connectivity index (χ0) is 16.3. The van der Waals surface area contributed by atoms with Gasteiger partial charge in [-0.25, -0.2) is 0 Å². The summed E-state index contributed by atoms with van der Waals surface area (Å²) in [4.78, 5) is 14.2. The maximum atomic E-state index is 12.1. The van der Waals surface area contributed by atoms with Crippen LogP contribution in [0.4, 0.5) is 5.69 Å². The lowest BCUT2D eigenvalue weighted by molar-refractivity contribution is -0.117. The van der Waals surface area contributed by atoms with Gasteiger partial charge in [0.15, 0.2) is 0 Å². The molecule has 2 fully saturated rings. The monoisotopic (exact) mass is 316 g/mol. The van der Waals surface area contributed by atoms with Crippen LogP contribution in [-0.4, -0.2) is 42.6 Å². The van der Waals surface area contributed by atoms with Gasteiger partial charge in [0.25, 0.3) is 0 Å². The number of nitrogens with one attached hydrogen (secondary N) is 1. The number of rotatable bonds is 5. The molecule has 1 heterocycles. The Kier molecular flexibility index (Phi) is 5.02. The minimum Gasteiger partial charge on any atom is -0.370 e. The van der Waals surface area contributed by atoms with E-state index in [1.807, 2.05) is 38.2 Å². The molecule has 2 aliphatic rings. The van der Waals surface area contributed by atoms with Crippen LogP contribution in [0.25, 0.3) is 0 Å². The summed E-state index contributed by atoms with van der Waals surface area (Å²) in [6.45, 7) is 3.28. The first kappa shape index (κ1) is 16.5. The number of likely N-dealkylation sites (N-methyl/N-ethyl adjacent to an activating group) is 1. The van der Waals surface area contributed by atoms with Crippen LogP contribution in [0, 0.1) is 6.92 Å². The summed E-state index contributed by atoms with van der Waals surface area (Å²) in [5.74, 6) is 0.0323. The van der Waals surface area contributed by atoms with Crippen LogP contribution in [0.5, 0.6) is 0 Å². The van der Waals surface area contributed by atoms with E-state index in [0.717, 1.165) is 18.7 Å². The molecule has 0 radical (unpaired) electrons. The molecule has 23 heavy (non-hydrogen) atoms. The minimum absolute atomic E-state index is 0.0323. The topological polar surface area (TPSA) is 41.6 Å². The number of anilines is 1. The van der Waals surface area contributed by atoms with E-state index in [4.69, 9.17) is 4.74 Å². The fraction of sp³-hybridized carbons (Fsp3) is 0.632. The lowest BCUT2D eigenvalue weighted by atomic mass is 9.98.